The van der Waals surface area contributed by atoms with E-state index < -0.39 is 0 Å². The first-order valence-corrected chi connectivity index (χ1v) is 10.2. The van der Waals surface area contributed by atoms with E-state index in [1.165, 1.54) is 10.5 Å². The molecule has 0 aromatic heterocycles. The first-order chi connectivity index (χ1) is 14.1. The maximum atomic E-state index is 12.6. The lowest BCUT2D eigenvalue weighted by Gasteiger charge is -2.22. The summed E-state index contributed by atoms with van der Waals surface area (Å²) in [5, 5.41) is 2.98. The SMILES string of the molecule is CCN(CC)Cc1ccccc1CNC(=O)CN1C(=O)CCOc2ccccc21. The van der Waals surface area contributed by atoms with Crippen molar-refractivity contribution in [3.05, 3.63) is 59.7 Å². The van der Waals surface area contributed by atoms with Gasteiger partial charge in [0.15, 0.2) is 0 Å². The average molecular weight is 396 g/mol. The summed E-state index contributed by atoms with van der Waals surface area (Å²) < 4.78 is 5.64. The molecule has 2 aromatic carbocycles. The second-order valence-corrected chi connectivity index (χ2v) is 7.05. The number of hydrogen-bond acceptors (Lipinski definition) is 4. The van der Waals surface area contributed by atoms with Crippen LogP contribution in [0, 0.1) is 0 Å². The van der Waals surface area contributed by atoms with Crippen LogP contribution in [-0.2, 0) is 22.7 Å². The third-order valence-electron chi connectivity index (χ3n) is 5.22. The molecule has 2 aromatic rings. The van der Waals surface area contributed by atoms with Crippen LogP contribution < -0.4 is 15.0 Å². The van der Waals surface area contributed by atoms with E-state index in [1.54, 1.807) is 0 Å². The number of fused-ring (bicyclic) bond motifs is 1. The molecular weight excluding hydrogens is 366 g/mol. The van der Waals surface area contributed by atoms with Crippen LogP contribution in [0.25, 0.3) is 0 Å². The van der Waals surface area contributed by atoms with Crippen LogP contribution in [0.15, 0.2) is 48.5 Å². The van der Waals surface area contributed by atoms with Crippen molar-refractivity contribution in [2.24, 2.45) is 0 Å². The van der Waals surface area contributed by atoms with Crippen LogP contribution in [0.3, 0.4) is 0 Å². The molecule has 6 nitrogen and oxygen atoms in total. The zero-order valence-corrected chi connectivity index (χ0v) is 17.2. The van der Waals surface area contributed by atoms with Gasteiger partial charge in [-0.15, -0.1) is 0 Å². The van der Waals surface area contributed by atoms with Crippen molar-refractivity contribution in [3.8, 4) is 5.75 Å². The molecule has 154 valence electrons. The predicted molar refractivity (Wildman–Crippen MR) is 114 cm³/mol. The minimum Gasteiger partial charge on any atom is -0.491 e. The molecule has 0 saturated carbocycles. The maximum Gasteiger partial charge on any atom is 0.240 e. The van der Waals surface area contributed by atoms with E-state index in [0.717, 1.165) is 25.2 Å². The highest BCUT2D eigenvalue weighted by Crippen LogP contribution is 2.30. The molecule has 0 unspecified atom stereocenters. The molecule has 1 aliphatic rings. The fourth-order valence-electron chi connectivity index (χ4n) is 3.46. The molecule has 0 fully saturated rings. The fraction of sp³-hybridized carbons (Fsp3) is 0.391. The number of carbonyl (C=O) groups is 2. The van der Waals surface area contributed by atoms with E-state index in [-0.39, 0.29) is 24.8 Å². The third kappa shape index (κ3) is 5.35. The summed E-state index contributed by atoms with van der Waals surface area (Å²) in [6, 6.07) is 15.5. The second-order valence-electron chi connectivity index (χ2n) is 7.05. The molecule has 0 bridgehead atoms. The van der Waals surface area contributed by atoms with Crippen LogP contribution >= 0.6 is 0 Å². The van der Waals surface area contributed by atoms with Crippen LogP contribution in [-0.4, -0.2) is 43.0 Å². The van der Waals surface area contributed by atoms with Crippen LogP contribution in [0.2, 0.25) is 0 Å². The topological polar surface area (TPSA) is 61.9 Å². The number of ether oxygens (including phenoxy) is 1. The summed E-state index contributed by atoms with van der Waals surface area (Å²) in [4.78, 5) is 29.0. The number of benzene rings is 2. The van der Waals surface area contributed by atoms with E-state index in [1.807, 2.05) is 42.5 Å². The van der Waals surface area contributed by atoms with Gasteiger partial charge in [0.1, 0.15) is 12.3 Å². The van der Waals surface area contributed by atoms with Crippen molar-refractivity contribution in [2.75, 3.05) is 31.1 Å². The molecule has 1 heterocycles. The highest BCUT2D eigenvalue weighted by Gasteiger charge is 2.25. The molecule has 0 aliphatic carbocycles. The molecule has 6 heteroatoms. The summed E-state index contributed by atoms with van der Waals surface area (Å²) in [6.07, 6.45) is 0.259. The molecule has 0 radical (unpaired) electrons. The number of rotatable bonds is 8. The maximum absolute atomic E-state index is 12.6. The van der Waals surface area contributed by atoms with Crippen LogP contribution in [0.1, 0.15) is 31.4 Å². The smallest absolute Gasteiger partial charge is 0.240 e. The molecule has 3 rings (SSSR count). The van der Waals surface area contributed by atoms with Crippen molar-refractivity contribution in [3.63, 3.8) is 0 Å². The zero-order chi connectivity index (χ0) is 20.6. The Morgan fingerprint density at radius 2 is 1.76 bits per heavy atom. The van der Waals surface area contributed by atoms with Gasteiger partial charge in [0, 0.05) is 13.1 Å². The number of para-hydroxylation sites is 2. The second kappa shape index (κ2) is 10.1. The number of anilines is 1. The fourth-order valence-corrected chi connectivity index (χ4v) is 3.46. The summed E-state index contributed by atoms with van der Waals surface area (Å²) in [5.74, 6) is 0.343. The number of hydrogen-bond donors (Lipinski definition) is 1. The van der Waals surface area contributed by atoms with Gasteiger partial charge in [-0.25, -0.2) is 0 Å². The first kappa shape index (κ1) is 20.9. The van der Waals surface area contributed by atoms with Gasteiger partial charge < -0.3 is 10.1 Å². The van der Waals surface area contributed by atoms with Crippen LogP contribution in [0.5, 0.6) is 5.75 Å². The van der Waals surface area contributed by atoms with Crippen molar-refractivity contribution in [1.29, 1.82) is 0 Å². The largest absolute Gasteiger partial charge is 0.491 e. The van der Waals surface area contributed by atoms with Crippen LogP contribution in [0.4, 0.5) is 5.69 Å². The minimum atomic E-state index is -0.187. The molecule has 2 amide bonds. The van der Waals surface area contributed by atoms with E-state index in [0.29, 0.717) is 24.6 Å². The van der Waals surface area contributed by atoms with Gasteiger partial charge in [0.25, 0.3) is 0 Å². The predicted octanol–water partition coefficient (Wildman–Crippen LogP) is 2.96. The molecule has 1 aliphatic heterocycles. The van der Waals surface area contributed by atoms with Gasteiger partial charge in [-0.2, -0.15) is 0 Å². The molecular formula is C23H29N3O3. The number of amides is 2. The normalized spacial score (nSPS) is 13.6. The standard InChI is InChI=1S/C23H29N3O3/c1-3-25(4-2)16-19-10-6-5-9-18(19)15-24-22(27)17-26-20-11-7-8-12-21(20)29-14-13-23(26)28/h5-12H,3-4,13-17H2,1-2H3,(H,24,27). The van der Waals surface area contributed by atoms with Gasteiger partial charge in [-0.3, -0.25) is 19.4 Å². The number of nitrogens with zero attached hydrogens (tertiary/aromatic N) is 2. The minimum absolute atomic E-state index is 0.0164. The highest BCUT2D eigenvalue weighted by molar-refractivity contribution is 6.00. The van der Waals surface area contributed by atoms with Crippen molar-refractivity contribution in [2.45, 2.75) is 33.4 Å². The quantitative estimate of drug-likeness (QED) is 0.747. The Labute approximate surface area is 172 Å². The molecule has 0 atom stereocenters. The van der Waals surface area contributed by atoms with Gasteiger partial charge in [-0.1, -0.05) is 50.2 Å². The average Bonchev–Trinajstić information content (AvgIpc) is 2.90. The Morgan fingerprint density at radius 3 is 2.52 bits per heavy atom. The van der Waals surface area contributed by atoms with Gasteiger partial charge >= 0.3 is 0 Å². The Balaban J connectivity index is 1.66. The Kier molecular flexibility index (Phi) is 7.25. The molecule has 1 N–H and O–H groups in total. The molecule has 29 heavy (non-hydrogen) atoms. The van der Waals surface area contributed by atoms with E-state index >= 15 is 0 Å². The summed E-state index contributed by atoms with van der Waals surface area (Å²) in [6.45, 7) is 7.86. The number of carbonyl (C=O) groups excluding carboxylic acids is 2. The number of nitrogens with one attached hydrogen (secondary N) is 1. The lowest BCUT2D eigenvalue weighted by Crippen LogP contribution is -2.40. The lowest BCUT2D eigenvalue weighted by molar-refractivity contribution is -0.124. The van der Waals surface area contributed by atoms with Gasteiger partial charge in [0.05, 0.1) is 18.7 Å². The molecule has 0 saturated heterocycles. The van der Waals surface area contributed by atoms with Gasteiger partial charge in [0.2, 0.25) is 11.8 Å². The van der Waals surface area contributed by atoms with Crippen molar-refractivity contribution >= 4 is 17.5 Å². The Hall–Kier alpha value is -2.86. The lowest BCUT2D eigenvalue weighted by atomic mass is 10.1. The van der Waals surface area contributed by atoms with E-state index in [9.17, 15) is 9.59 Å². The van der Waals surface area contributed by atoms with Crippen molar-refractivity contribution < 1.29 is 14.3 Å². The summed E-state index contributed by atoms with van der Waals surface area (Å²) in [5.41, 5.74) is 2.95. The van der Waals surface area contributed by atoms with Gasteiger partial charge in [-0.05, 0) is 36.3 Å². The molecule has 0 spiro atoms. The van der Waals surface area contributed by atoms with E-state index in [2.05, 4.69) is 30.1 Å². The van der Waals surface area contributed by atoms with Crippen molar-refractivity contribution in [1.82, 2.24) is 10.2 Å². The first-order valence-electron chi connectivity index (χ1n) is 10.2. The Bertz CT molecular complexity index is 849. The monoisotopic (exact) mass is 395 g/mol. The van der Waals surface area contributed by atoms with E-state index in [4.69, 9.17) is 4.74 Å². The summed E-state index contributed by atoms with van der Waals surface area (Å²) in [7, 11) is 0. The third-order valence-corrected chi connectivity index (χ3v) is 5.22. The zero-order valence-electron chi connectivity index (χ0n) is 17.2. The highest BCUT2D eigenvalue weighted by atomic mass is 16.5. The Morgan fingerprint density at radius 1 is 1.07 bits per heavy atom. The summed E-state index contributed by atoms with van der Waals surface area (Å²) >= 11 is 0.